The van der Waals surface area contributed by atoms with Crippen LogP contribution in [0.2, 0.25) is 0 Å². The maximum Gasteiger partial charge on any atom is 0.495 e. The third kappa shape index (κ3) is 5.62. The highest BCUT2D eigenvalue weighted by Crippen LogP contribution is 2.50. The molecule has 1 aliphatic carbocycles. The number of hydrogen-bond donors (Lipinski definition) is 0. The topological polar surface area (TPSA) is 21.7 Å². The van der Waals surface area contributed by atoms with E-state index in [1.807, 2.05) is 0 Å². The van der Waals surface area contributed by atoms with Crippen LogP contribution in [0.25, 0.3) is 33.4 Å². The highest BCUT2D eigenvalue weighted by Gasteiger charge is 2.52. The van der Waals surface area contributed by atoms with Gasteiger partial charge in [-0.05, 0) is 133 Å². The second-order valence-corrected chi connectivity index (χ2v) is 15.8. The summed E-state index contributed by atoms with van der Waals surface area (Å²) in [5, 5.41) is 0. The Kier molecular flexibility index (Phi) is 7.90. The molecular formula is C47H46BNO2. The molecule has 0 spiro atoms. The molecule has 6 aromatic carbocycles. The summed E-state index contributed by atoms with van der Waals surface area (Å²) in [4.78, 5) is 2.39. The lowest BCUT2D eigenvalue weighted by molar-refractivity contribution is 0.00578. The van der Waals surface area contributed by atoms with E-state index < -0.39 is 0 Å². The maximum absolute atomic E-state index is 6.42. The third-order valence-corrected chi connectivity index (χ3v) is 11.6. The van der Waals surface area contributed by atoms with Crippen LogP contribution in [0.5, 0.6) is 0 Å². The van der Waals surface area contributed by atoms with Crippen molar-refractivity contribution in [2.24, 2.45) is 0 Å². The number of anilines is 3. The van der Waals surface area contributed by atoms with Crippen molar-refractivity contribution in [2.75, 3.05) is 4.90 Å². The maximum atomic E-state index is 6.42. The first-order chi connectivity index (χ1) is 24.3. The standard InChI is InChI=1S/C47H46BNO2/c1-31-29-44(48-50-46(5,6)47(7,8)51-48)32(2)28-41(31)35-20-24-37(25-21-35)49(36-22-18-34(19-23-36)33-14-10-9-11-15-33)38-26-27-40-39-16-12-13-17-42(39)45(3,4)43(40)30-38/h9-30H,1-8H3. The molecule has 51 heavy (non-hydrogen) atoms. The van der Waals surface area contributed by atoms with Gasteiger partial charge in [0, 0.05) is 22.5 Å². The van der Waals surface area contributed by atoms with Gasteiger partial charge in [0.25, 0.3) is 0 Å². The summed E-state index contributed by atoms with van der Waals surface area (Å²) in [6, 6.07) is 48.9. The van der Waals surface area contributed by atoms with Gasteiger partial charge in [0.15, 0.2) is 0 Å². The first kappa shape index (κ1) is 33.3. The van der Waals surface area contributed by atoms with E-state index in [-0.39, 0.29) is 23.7 Å². The van der Waals surface area contributed by atoms with Crippen LogP contribution >= 0.6 is 0 Å². The van der Waals surface area contributed by atoms with Gasteiger partial charge in [0.05, 0.1) is 11.2 Å². The lowest BCUT2D eigenvalue weighted by Gasteiger charge is -2.32. The Morgan fingerprint density at radius 2 is 0.980 bits per heavy atom. The van der Waals surface area contributed by atoms with E-state index in [9.17, 15) is 0 Å². The predicted molar refractivity (Wildman–Crippen MR) is 215 cm³/mol. The van der Waals surface area contributed by atoms with E-state index >= 15 is 0 Å². The van der Waals surface area contributed by atoms with Crippen molar-refractivity contribution in [3.63, 3.8) is 0 Å². The molecule has 0 N–H and O–H groups in total. The van der Waals surface area contributed by atoms with Gasteiger partial charge in [0.1, 0.15) is 0 Å². The zero-order chi connectivity index (χ0) is 35.7. The highest BCUT2D eigenvalue weighted by molar-refractivity contribution is 6.62. The van der Waals surface area contributed by atoms with Gasteiger partial charge >= 0.3 is 7.12 Å². The van der Waals surface area contributed by atoms with Gasteiger partial charge in [-0.2, -0.15) is 0 Å². The Balaban J connectivity index is 1.17. The van der Waals surface area contributed by atoms with Gasteiger partial charge in [-0.1, -0.05) is 116 Å². The molecule has 254 valence electrons. The summed E-state index contributed by atoms with van der Waals surface area (Å²) in [6.45, 7) is 17.5. The van der Waals surface area contributed by atoms with Crippen LogP contribution in [0, 0.1) is 13.8 Å². The molecule has 0 unspecified atom stereocenters. The molecule has 0 atom stereocenters. The normalized spacial score (nSPS) is 16.5. The van der Waals surface area contributed by atoms with Gasteiger partial charge in [0.2, 0.25) is 0 Å². The summed E-state index contributed by atoms with van der Waals surface area (Å²) in [6.07, 6.45) is 0. The van der Waals surface area contributed by atoms with Crippen molar-refractivity contribution in [3.8, 4) is 33.4 Å². The average Bonchev–Trinajstić information content (AvgIpc) is 3.49. The summed E-state index contributed by atoms with van der Waals surface area (Å²) < 4.78 is 12.8. The Morgan fingerprint density at radius 1 is 0.451 bits per heavy atom. The van der Waals surface area contributed by atoms with Crippen LogP contribution in [0.3, 0.4) is 0 Å². The molecule has 0 amide bonds. The molecule has 3 nitrogen and oxygen atoms in total. The lowest BCUT2D eigenvalue weighted by atomic mass is 9.74. The molecule has 1 fully saturated rings. The second kappa shape index (κ2) is 12.1. The Bertz CT molecular complexity index is 2240. The molecule has 2 aliphatic rings. The smallest absolute Gasteiger partial charge is 0.399 e. The minimum absolute atomic E-state index is 0.0870. The van der Waals surface area contributed by atoms with Crippen LogP contribution < -0.4 is 10.4 Å². The zero-order valence-corrected chi connectivity index (χ0v) is 31.0. The molecule has 0 bridgehead atoms. The quantitative estimate of drug-likeness (QED) is 0.165. The average molecular weight is 668 g/mol. The first-order valence-corrected chi connectivity index (χ1v) is 18.1. The van der Waals surface area contributed by atoms with Crippen molar-refractivity contribution < 1.29 is 9.31 Å². The molecule has 0 aromatic heterocycles. The summed E-state index contributed by atoms with van der Waals surface area (Å²) >= 11 is 0. The number of benzene rings is 6. The number of fused-ring (bicyclic) bond motifs is 3. The van der Waals surface area contributed by atoms with Crippen molar-refractivity contribution >= 4 is 29.6 Å². The summed E-state index contributed by atoms with van der Waals surface area (Å²) in [5.74, 6) is 0. The largest absolute Gasteiger partial charge is 0.495 e. The number of nitrogens with zero attached hydrogens (tertiary/aromatic N) is 1. The van der Waals surface area contributed by atoms with E-state index in [0.29, 0.717) is 0 Å². The molecule has 6 aromatic rings. The van der Waals surface area contributed by atoms with Gasteiger partial charge < -0.3 is 14.2 Å². The number of aryl methyl sites for hydroxylation is 2. The molecule has 1 heterocycles. The van der Waals surface area contributed by atoms with Crippen molar-refractivity contribution in [3.05, 3.63) is 156 Å². The SMILES string of the molecule is Cc1cc(-c2ccc(N(c3ccc(-c4ccccc4)cc3)c3ccc4c(c3)C(C)(C)c3ccccc3-4)cc2)c(C)cc1B1OC(C)(C)C(C)(C)O1. The molecule has 0 saturated carbocycles. The van der Waals surface area contributed by atoms with E-state index in [1.54, 1.807) is 0 Å². The number of rotatable bonds is 6. The summed E-state index contributed by atoms with van der Waals surface area (Å²) in [7, 11) is -0.378. The van der Waals surface area contributed by atoms with Gasteiger partial charge in [-0.25, -0.2) is 0 Å². The van der Waals surface area contributed by atoms with Crippen LogP contribution in [0.1, 0.15) is 63.8 Å². The Hall–Kier alpha value is -4.90. The second-order valence-electron chi connectivity index (χ2n) is 15.8. The zero-order valence-electron chi connectivity index (χ0n) is 31.0. The monoisotopic (exact) mass is 667 g/mol. The highest BCUT2D eigenvalue weighted by atomic mass is 16.7. The van der Waals surface area contributed by atoms with Crippen LogP contribution in [0.15, 0.2) is 133 Å². The Labute approximate surface area is 304 Å². The fourth-order valence-corrected chi connectivity index (χ4v) is 7.88. The lowest BCUT2D eigenvalue weighted by Crippen LogP contribution is -2.41. The fourth-order valence-electron chi connectivity index (χ4n) is 7.88. The first-order valence-electron chi connectivity index (χ1n) is 18.1. The molecule has 1 aliphatic heterocycles. The van der Waals surface area contributed by atoms with E-state index in [4.69, 9.17) is 9.31 Å². The minimum atomic E-state index is -0.378. The van der Waals surface area contributed by atoms with Crippen LogP contribution in [-0.2, 0) is 14.7 Å². The molecule has 8 rings (SSSR count). The van der Waals surface area contributed by atoms with Crippen molar-refractivity contribution in [2.45, 2.75) is 72.0 Å². The van der Waals surface area contributed by atoms with Crippen LogP contribution in [-0.4, -0.2) is 18.3 Å². The molecule has 1 saturated heterocycles. The minimum Gasteiger partial charge on any atom is -0.399 e. The predicted octanol–water partition coefficient (Wildman–Crippen LogP) is 11.7. The van der Waals surface area contributed by atoms with Crippen molar-refractivity contribution in [1.82, 2.24) is 0 Å². The molecule has 4 heteroatoms. The van der Waals surface area contributed by atoms with E-state index in [1.165, 1.54) is 55.6 Å². The fraction of sp³-hybridized carbons (Fsp3) is 0.234. The van der Waals surface area contributed by atoms with Gasteiger partial charge in [-0.15, -0.1) is 0 Å². The molecular weight excluding hydrogens is 621 g/mol. The Morgan fingerprint density at radius 3 is 1.63 bits per heavy atom. The molecule has 0 radical (unpaired) electrons. The van der Waals surface area contributed by atoms with Crippen molar-refractivity contribution in [1.29, 1.82) is 0 Å². The third-order valence-electron chi connectivity index (χ3n) is 11.6. The van der Waals surface area contributed by atoms with Crippen LogP contribution in [0.4, 0.5) is 17.1 Å². The van der Waals surface area contributed by atoms with E-state index in [2.05, 4.69) is 194 Å². The number of hydrogen-bond acceptors (Lipinski definition) is 3. The van der Waals surface area contributed by atoms with E-state index in [0.717, 1.165) is 22.5 Å². The van der Waals surface area contributed by atoms with Gasteiger partial charge in [-0.3, -0.25) is 0 Å². The summed E-state index contributed by atoms with van der Waals surface area (Å²) in [5.41, 5.74) is 16.2.